The van der Waals surface area contributed by atoms with Gasteiger partial charge >= 0.3 is 5.63 Å². The van der Waals surface area contributed by atoms with Crippen molar-refractivity contribution in [2.75, 3.05) is 7.11 Å². The Hall–Kier alpha value is -2.07. The Balaban J connectivity index is 2.29. The number of fused-ring (bicyclic) bond motifs is 1. The average molecular weight is 387 g/mol. The van der Waals surface area contributed by atoms with Crippen LogP contribution in [0.3, 0.4) is 0 Å². The van der Waals surface area contributed by atoms with Gasteiger partial charge in [-0.15, -0.1) is 0 Å². The molecule has 1 aromatic heterocycles. The fourth-order valence-electron chi connectivity index (χ4n) is 2.68. The Morgan fingerprint density at radius 3 is 2.29 bits per heavy atom. The number of hydrogen-bond donors (Lipinski definition) is 0. The molecule has 0 aliphatic rings. The van der Waals surface area contributed by atoms with Crippen molar-refractivity contribution in [3.05, 3.63) is 62.9 Å². The molecular weight excluding hydrogens is 368 g/mol. The van der Waals surface area contributed by atoms with Crippen LogP contribution in [0.4, 0.5) is 0 Å². The third-order valence-electron chi connectivity index (χ3n) is 4.10. The van der Waals surface area contributed by atoms with Crippen LogP contribution in [-0.2, 0) is 5.41 Å². The maximum atomic E-state index is 12.3. The van der Waals surface area contributed by atoms with Crippen molar-refractivity contribution in [1.82, 2.24) is 0 Å². The van der Waals surface area contributed by atoms with Crippen molar-refractivity contribution >= 4 is 26.9 Å². The number of rotatable bonds is 2. The van der Waals surface area contributed by atoms with Crippen LogP contribution in [0.15, 0.2) is 56.1 Å². The van der Waals surface area contributed by atoms with Gasteiger partial charge < -0.3 is 9.15 Å². The van der Waals surface area contributed by atoms with Crippen molar-refractivity contribution in [1.29, 1.82) is 0 Å². The first kappa shape index (κ1) is 16.8. The van der Waals surface area contributed by atoms with Gasteiger partial charge in [-0.2, -0.15) is 0 Å². The van der Waals surface area contributed by atoms with Gasteiger partial charge in [-0.05, 0) is 50.7 Å². The predicted octanol–water partition coefficient (Wildman–Crippen LogP) is 5.53. The van der Waals surface area contributed by atoms with Gasteiger partial charge in [0.05, 0.1) is 7.11 Å². The van der Waals surface area contributed by atoms with Crippen LogP contribution in [0, 0.1) is 0 Å². The predicted molar refractivity (Wildman–Crippen MR) is 101 cm³/mol. The standard InChI is InChI=1S/C20H19BrO3/c1-20(2,3)13-7-10-15-16(11-13)24-19(22)18(21)17(15)12-5-8-14(23-4)9-6-12/h5-11H,1-4H3. The van der Waals surface area contributed by atoms with E-state index in [-0.39, 0.29) is 11.0 Å². The number of ether oxygens (including phenoxy) is 1. The van der Waals surface area contributed by atoms with Crippen LogP contribution in [-0.4, -0.2) is 7.11 Å². The summed E-state index contributed by atoms with van der Waals surface area (Å²) in [6.45, 7) is 6.40. The highest BCUT2D eigenvalue weighted by Gasteiger charge is 2.18. The summed E-state index contributed by atoms with van der Waals surface area (Å²) in [7, 11) is 1.63. The van der Waals surface area contributed by atoms with E-state index >= 15 is 0 Å². The molecule has 4 heteroatoms. The van der Waals surface area contributed by atoms with Crippen LogP contribution in [0.25, 0.3) is 22.1 Å². The number of hydrogen-bond acceptors (Lipinski definition) is 3. The third kappa shape index (κ3) is 2.98. The first-order chi connectivity index (χ1) is 11.3. The van der Waals surface area contributed by atoms with Crippen LogP contribution in [0.1, 0.15) is 26.3 Å². The molecule has 3 rings (SSSR count). The van der Waals surface area contributed by atoms with E-state index in [1.165, 1.54) is 0 Å². The third-order valence-corrected chi connectivity index (χ3v) is 4.82. The molecule has 0 aliphatic carbocycles. The number of benzene rings is 2. The lowest BCUT2D eigenvalue weighted by molar-refractivity contribution is 0.415. The van der Waals surface area contributed by atoms with Crippen LogP contribution < -0.4 is 10.4 Å². The summed E-state index contributed by atoms with van der Waals surface area (Å²) in [5.41, 5.74) is 3.11. The first-order valence-corrected chi connectivity index (χ1v) is 8.52. The Labute approximate surface area is 149 Å². The average Bonchev–Trinajstić information content (AvgIpc) is 2.55. The molecule has 0 N–H and O–H groups in total. The highest BCUT2D eigenvalue weighted by molar-refractivity contribution is 9.10. The highest BCUT2D eigenvalue weighted by Crippen LogP contribution is 2.36. The Morgan fingerprint density at radius 2 is 1.71 bits per heavy atom. The summed E-state index contributed by atoms with van der Waals surface area (Å²) in [5.74, 6) is 0.775. The summed E-state index contributed by atoms with van der Waals surface area (Å²) < 4.78 is 11.1. The van der Waals surface area contributed by atoms with Crippen molar-refractivity contribution in [3.63, 3.8) is 0 Å². The molecule has 0 saturated heterocycles. The molecule has 0 fully saturated rings. The maximum Gasteiger partial charge on any atom is 0.351 e. The summed E-state index contributed by atoms with van der Waals surface area (Å²) in [4.78, 5) is 12.3. The normalized spacial score (nSPS) is 11.7. The molecule has 0 unspecified atom stereocenters. The molecule has 2 aromatic carbocycles. The number of methoxy groups -OCH3 is 1. The van der Waals surface area contributed by atoms with E-state index in [2.05, 4.69) is 42.8 Å². The molecule has 3 aromatic rings. The monoisotopic (exact) mass is 386 g/mol. The van der Waals surface area contributed by atoms with E-state index in [0.29, 0.717) is 10.1 Å². The molecule has 0 amide bonds. The molecule has 0 radical (unpaired) electrons. The lowest BCUT2D eigenvalue weighted by atomic mass is 9.86. The summed E-state index contributed by atoms with van der Waals surface area (Å²) in [6.07, 6.45) is 0. The molecule has 124 valence electrons. The number of halogens is 1. The first-order valence-electron chi connectivity index (χ1n) is 7.72. The molecule has 3 nitrogen and oxygen atoms in total. The van der Waals surface area contributed by atoms with Crippen molar-refractivity contribution in [2.45, 2.75) is 26.2 Å². The van der Waals surface area contributed by atoms with Crippen molar-refractivity contribution in [3.8, 4) is 16.9 Å². The summed E-state index contributed by atoms with van der Waals surface area (Å²) in [5, 5.41) is 0.902. The molecule has 0 saturated carbocycles. The van der Waals surface area contributed by atoms with Gasteiger partial charge in [-0.1, -0.05) is 45.0 Å². The van der Waals surface area contributed by atoms with Gasteiger partial charge in [0.25, 0.3) is 0 Å². The van der Waals surface area contributed by atoms with Gasteiger partial charge in [0.2, 0.25) is 0 Å². The van der Waals surface area contributed by atoms with Crippen LogP contribution in [0.5, 0.6) is 5.75 Å². The SMILES string of the molecule is COc1ccc(-c2c(Br)c(=O)oc3cc(C(C)(C)C)ccc23)cc1. The molecule has 1 heterocycles. The van der Waals surface area contributed by atoms with Gasteiger partial charge in [0.15, 0.2) is 0 Å². The van der Waals surface area contributed by atoms with Crippen LogP contribution >= 0.6 is 15.9 Å². The van der Waals surface area contributed by atoms with E-state index in [4.69, 9.17) is 9.15 Å². The Kier molecular flexibility index (Phi) is 4.26. The second kappa shape index (κ2) is 6.10. The zero-order valence-corrected chi connectivity index (χ0v) is 15.7. The van der Waals surface area contributed by atoms with Gasteiger partial charge in [0, 0.05) is 10.9 Å². The minimum absolute atomic E-state index is 0.0138. The Morgan fingerprint density at radius 1 is 1.04 bits per heavy atom. The molecule has 0 bridgehead atoms. The van der Waals surface area contributed by atoms with Crippen molar-refractivity contribution in [2.24, 2.45) is 0 Å². The molecule has 0 spiro atoms. The zero-order valence-electron chi connectivity index (χ0n) is 14.1. The van der Waals surface area contributed by atoms with E-state index < -0.39 is 0 Å². The maximum absolute atomic E-state index is 12.3. The topological polar surface area (TPSA) is 39.4 Å². The minimum Gasteiger partial charge on any atom is -0.497 e. The summed E-state index contributed by atoms with van der Waals surface area (Å²) in [6, 6.07) is 13.7. The largest absolute Gasteiger partial charge is 0.497 e. The minimum atomic E-state index is -0.376. The molecule has 0 atom stereocenters. The van der Waals surface area contributed by atoms with Gasteiger partial charge in [0.1, 0.15) is 15.8 Å². The van der Waals surface area contributed by atoms with Gasteiger partial charge in [-0.3, -0.25) is 0 Å². The lowest BCUT2D eigenvalue weighted by Crippen LogP contribution is -2.11. The lowest BCUT2D eigenvalue weighted by Gasteiger charge is -2.19. The second-order valence-electron chi connectivity index (χ2n) is 6.77. The fraction of sp³-hybridized carbons (Fsp3) is 0.250. The van der Waals surface area contributed by atoms with E-state index in [1.807, 2.05) is 36.4 Å². The second-order valence-corrected chi connectivity index (χ2v) is 7.56. The Bertz CT molecular complexity index is 948. The molecular formula is C20H19BrO3. The quantitative estimate of drug-likeness (QED) is 0.543. The van der Waals surface area contributed by atoms with E-state index in [9.17, 15) is 4.79 Å². The molecule has 24 heavy (non-hydrogen) atoms. The van der Waals surface area contributed by atoms with E-state index in [0.717, 1.165) is 27.8 Å². The van der Waals surface area contributed by atoms with Crippen LogP contribution in [0.2, 0.25) is 0 Å². The fourth-order valence-corrected chi connectivity index (χ4v) is 3.21. The summed E-state index contributed by atoms with van der Waals surface area (Å²) >= 11 is 3.39. The van der Waals surface area contributed by atoms with E-state index in [1.54, 1.807) is 7.11 Å². The van der Waals surface area contributed by atoms with Crippen molar-refractivity contribution < 1.29 is 9.15 Å². The molecule has 0 aliphatic heterocycles. The smallest absolute Gasteiger partial charge is 0.351 e. The van der Waals surface area contributed by atoms with Gasteiger partial charge in [-0.25, -0.2) is 4.79 Å². The highest BCUT2D eigenvalue weighted by atomic mass is 79.9. The zero-order chi connectivity index (χ0) is 17.5.